The molecule has 1 aromatic rings. The van der Waals surface area contributed by atoms with Gasteiger partial charge in [-0.2, -0.15) is 0 Å². The number of carbonyl (C=O) groups is 1. The monoisotopic (exact) mass is 206 g/mol. The van der Waals surface area contributed by atoms with E-state index in [1.165, 1.54) is 12.1 Å². The summed E-state index contributed by atoms with van der Waals surface area (Å²) >= 11 is 0. The SMILES string of the molecule is CC1=CC(O)Oc2cc(C(=O)O)ccc21. The molecule has 0 radical (unpaired) electrons. The molecule has 0 spiro atoms. The van der Waals surface area contributed by atoms with Crippen LogP contribution >= 0.6 is 0 Å². The maximum atomic E-state index is 10.7. The summed E-state index contributed by atoms with van der Waals surface area (Å²) < 4.78 is 5.11. The fourth-order valence-corrected chi connectivity index (χ4v) is 1.55. The Morgan fingerprint density at radius 2 is 2.20 bits per heavy atom. The molecule has 0 saturated heterocycles. The van der Waals surface area contributed by atoms with Crippen LogP contribution in [0.15, 0.2) is 24.3 Å². The Balaban J connectivity index is 2.50. The first-order chi connectivity index (χ1) is 7.08. The third-order valence-corrected chi connectivity index (χ3v) is 2.29. The number of aliphatic hydroxyl groups is 1. The van der Waals surface area contributed by atoms with Gasteiger partial charge in [-0.1, -0.05) is 6.07 Å². The highest BCUT2D eigenvalue weighted by atomic mass is 16.6. The van der Waals surface area contributed by atoms with Gasteiger partial charge in [-0.15, -0.1) is 0 Å². The number of aliphatic hydroxyl groups excluding tert-OH is 1. The zero-order valence-electron chi connectivity index (χ0n) is 8.10. The Morgan fingerprint density at radius 1 is 1.47 bits per heavy atom. The quantitative estimate of drug-likeness (QED) is 0.730. The summed E-state index contributed by atoms with van der Waals surface area (Å²) in [4.78, 5) is 10.7. The Hall–Kier alpha value is -1.81. The van der Waals surface area contributed by atoms with Crippen molar-refractivity contribution in [3.05, 3.63) is 35.4 Å². The van der Waals surface area contributed by atoms with Crippen LogP contribution in [0.2, 0.25) is 0 Å². The van der Waals surface area contributed by atoms with E-state index in [0.29, 0.717) is 5.75 Å². The fraction of sp³-hybridized carbons (Fsp3) is 0.182. The van der Waals surface area contributed by atoms with Crippen molar-refractivity contribution in [1.29, 1.82) is 0 Å². The molecule has 2 N–H and O–H groups in total. The van der Waals surface area contributed by atoms with Gasteiger partial charge in [0.05, 0.1) is 5.56 Å². The van der Waals surface area contributed by atoms with Crippen LogP contribution in [0.1, 0.15) is 22.8 Å². The second kappa shape index (κ2) is 3.40. The normalized spacial score (nSPS) is 18.8. The molecule has 0 bridgehead atoms. The molecular formula is C11H10O4. The highest BCUT2D eigenvalue weighted by Gasteiger charge is 2.17. The molecule has 4 nitrogen and oxygen atoms in total. The first kappa shape index (κ1) is 9.73. The second-order valence-corrected chi connectivity index (χ2v) is 3.37. The van der Waals surface area contributed by atoms with Crippen LogP contribution in [0.25, 0.3) is 5.57 Å². The highest BCUT2D eigenvalue weighted by Crippen LogP contribution is 2.31. The lowest BCUT2D eigenvalue weighted by Crippen LogP contribution is -2.17. The fourth-order valence-electron chi connectivity index (χ4n) is 1.55. The van der Waals surface area contributed by atoms with Crippen LogP contribution in [0.4, 0.5) is 0 Å². The van der Waals surface area contributed by atoms with E-state index in [9.17, 15) is 9.90 Å². The van der Waals surface area contributed by atoms with E-state index in [1.807, 2.05) is 6.92 Å². The van der Waals surface area contributed by atoms with Crippen molar-refractivity contribution in [3.63, 3.8) is 0 Å². The molecule has 2 rings (SSSR count). The van der Waals surface area contributed by atoms with E-state index >= 15 is 0 Å². The number of carboxylic acids is 1. The minimum Gasteiger partial charge on any atom is -0.478 e. The molecule has 1 heterocycles. The highest BCUT2D eigenvalue weighted by molar-refractivity contribution is 5.89. The number of rotatable bonds is 1. The van der Waals surface area contributed by atoms with E-state index in [2.05, 4.69) is 0 Å². The van der Waals surface area contributed by atoms with Crippen molar-refractivity contribution in [2.45, 2.75) is 13.2 Å². The van der Waals surface area contributed by atoms with Gasteiger partial charge >= 0.3 is 5.97 Å². The van der Waals surface area contributed by atoms with Gasteiger partial charge in [-0.05, 0) is 30.7 Å². The van der Waals surface area contributed by atoms with Crippen molar-refractivity contribution >= 4 is 11.5 Å². The lowest BCUT2D eigenvalue weighted by Gasteiger charge is -2.20. The topological polar surface area (TPSA) is 66.8 Å². The lowest BCUT2D eigenvalue weighted by molar-refractivity contribution is 0.0223. The number of allylic oxidation sites excluding steroid dienone is 1. The zero-order chi connectivity index (χ0) is 11.0. The smallest absolute Gasteiger partial charge is 0.335 e. The van der Waals surface area contributed by atoms with Crippen LogP contribution < -0.4 is 4.74 Å². The summed E-state index contributed by atoms with van der Waals surface area (Å²) in [6.07, 6.45) is 0.574. The van der Waals surface area contributed by atoms with Gasteiger partial charge in [-0.25, -0.2) is 4.79 Å². The molecule has 1 unspecified atom stereocenters. The summed E-state index contributed by atoms with van der Waals surface area (Å²) in [5.41, 5.74) is 1.83. The molecule has 1 aliphatic rings. The molecule has 0 aliphatic carbocycles. The summed E-state index contributed by atoms with van der Waals surface area (Å²) in [6, 6.07) is 4.60. The van der Waals surface area contributed by atoms with E-state index in [0.717, 1.165) is 11.1 Å². The first-order valence-corrected chi connectivity index (χ1v) is 4.49. The van der Waals surface area contributed by atoms with Gasteiger partial charge < -0.3 is 14.9 Å². The first-order valence-electron chi connectivity index (χ1n) is 4.49. The Kier molecular flexibility index (Phi) is 2.21. The predicted molar refractivity (Wildman–Crippen MR) is 53.7 cm³/mol. The standard InChI is InChI=1S/C11H10O4/c1-6-4-10(12)15-9-5-7(11(13)14)2-3-8(6)9/h2-5,10,12H,1H3,(H,13,14). The maximum absolute atomic E-state index is 10.7. The van der Waals surface area contributed by atoms with Crippen molar-refractivity contribution < 1.29 is 19.7 Å². The number of aromatic carboxylic acids is 1. The Bertz CT molecular complexity index is 448. The summed E-state index contributed by atoms with van der Waals surface area (Å²) in [7, 11) is 0. The van der Waals surface area contributed by atoms with Gasteiger partial charge in [0.15, 0.2) is 0 Å². The Morgan fingerprint density at radius 3 is 2.87 bits per heavy atom. The molecule has 1 atom stereocenters. The lowest BCUT2D eigenvalue weighted by atomic mass is 10.0. The molecule has 1 aromatic carbocycles. The molecule has 1 aliphatic heterocycles. The zero-order valence-corrected chi connectivity index (χ0v) is 8.10. The molecule has 4 heteroatoms. The van der Waals surface area contributed by atoms with Crippen molar-refractivity contribution in [3.8, 4) is 5.75 Å². The summed E-state index contributed by atoms with van der Waals surface area (Å²) in [5.74, 6) is -0.606. The minimum absolute atomic E-state index is 0.149. The van der Waals surface area contributed by atoms with E-state index in [4.69, 9.17) is 9.84 Å². The number of carboxylic acid groups (broad SMARTS) is 1. The average Bonchev–Trinajstić information content (AvgIpc) is 2.16. The van der Waals surface area contributed by atoms with Crippen LogP contribution in [0, 0.1) is 0 Å². The number of hydrogen-bond donors (Lipinski definition) is 2. The van der Waals surface area contributed by atoms with Crippen molar-refractivity contribution in [2.24, 2.45) is 0 Å². The van der Waals surface area contributed by atoms with Gasteiger partial charge in [-0.3, -0.25) is 0 Å². The minimum atomic E-state index is -1.01. The van der Waals surface area contributed by atoms with Gasteiger partial charge in [0, 0.05) is 5.56 Å². The number of benzene rings is 1. The predicted octanol–water partition coefficient (Wildman–Crippen LogP) is 1.50. The molecule has 0 fully saturated rings. The van der Waals surface area contributed by atoms with Crippen LogP contribution in [-0.4, -0.2) is 22.5 Å². The molecule has 0 amide bonds. The summed E-state index contributed by atoms with van der Waals surface area (Å²) in [5, 5.41) is 18.1. The Labute approximate surface area is 86.4 Å². The van der Waals surface area contributed by atoms with Crippen LogP contribution in [0.5, 0.6) is 5.75 Å². The molecule has 78 valence electrons. The van der Waals surface area contributed by atoms with E-state index < -0.39 is 12.3 Å². The maximum Gasteiger partial charge on any atom is 0.335 e. The largest absolute Gasteiger partial charge is 0.478 e. The molecular weight excluding hydrogens is 196 g/mol. The third-order valence-electron chi connectivity index (χ3n) is 2.29. The molecule has 0 saturated carbocycles. The van der Waals surface area contributed by atoms with Crippen molar-refractivity contribution in [2.75, 3.05) is 0 Å². The average molecular weight is 206 g/mol. The number of ether oxygens (including phenoxy) is 1. The number of hydrogen-bond acceptors (Lipinski definition) is 3. The van der Waals surface area contributed by atoms with E-state index in [-0.39, 0.29) is 5.56 Å². The number of fused-ring (bicyclic) bond motifs is 1. The van der Waals surface area contributed by atoms with Gasteiger partial charge in [0.25, 0.3) is 0 Å². The third kappa shape index (κ3) is 1.71. The van der Waals surface area contributed by atoms with Crippen LogP contribution in [-0.2, 0) is 0 Å². The molecule has 0 aromatic heterocycles. The van der Waals surface area contributed by atoms with E-state index in [1.54, 1.807) is 12.1 Å². The molecule has 15 heavy (non-hydrogen) atoms. The second-order valence-electron chi connectivity index (χ2n) is 3.37. The van der Waals surface area contributed by atoms with Gasteiger partial charge in [0.2, 0.25) is 6.29 Å². The van der Waals surface area contributed by atoms with Gasteiger partial charge in [0.1, 0.15) is 5.75 Å². The van der Waals surface area contributed by atoms with Crippen LogP contribution in [0.3, 0.4) is 0 Å². The van der Waals surface area contributed by atoms with Crippen molar-refractivity contribution in [1.82, 2.24) is 0 Å². The summed E-state index contributed by atoms with van der Waals surface area (Å²) in [6.45, 7) is 1.84.